The van der Waals surface area contributed by atoms with Crippen LogP contribution >= 0.6 is 12.6 Å². The fourth-order valence-electron chi connectivity index (χ4n) is 2.98. The van der Waals surface area contributed by atoms with Crippen molar-refractivity contribution >= 4 is 30.4 Å². The molecular formula is C22H30S. The third-order valence-corrected chi connectivity index (χ3v) is 4.58. The fourth-order valence-corrected chi connectivity index (χ4v) is 3.50. The van der Waals surface area contributed by atoms with Crippen LogP contribution < -0.4 is 0 Å². The molecule has 0 saturated heterocycles. The highest BCUT2D eigenvalue weighted by molar-refractivity contribution is 7.80. The van der Waals surface area contributed by atoms with Gasteiger partial charge in [0.15, 0.2) is 0 Å². The molecule has 0 radical (unpaired) electrons. The maximum absolute atomic E-state index is 4.87. The van der Waals surface area contributed by atoms with Gasteiger partial charge in [-0.2, -0.15) is 0 Å². The molecule has 0 bridgehead atoms. The van der Waals surface area contributed by atoms with Crippen LogP contribution in [0.2, 0.25) is 0 Å². The SMILES string of the molecule is C/C=C\C(=C/C)c1c(C)c(/C=C\CC)c(S)c(CC)c1/C=C\C. The van der Waals surface area contributed by atoms with E-state index in [9.17, 15) is 0 Å². The van der Waals surface area contributed by atoms with Crippen molar-refractivity contribution in [3.8, 4) is 0 Å². The maximum Gasteiger partial charge on any atom is 0.0154 e. The van der Waals surface area contributed by atoms with E-state index >= 15 is 0 Å². The third kappa shape index (κ3) is 4.29. The Labute approximate surface area is 148 Å². The van der Waals surface area contributed by atoms with Crippen LogP contribution in [0.4, 0.5) is 0 Å². The summed E-state index contributed by atoms with van der Waals surface area (Å²) in [5.74, 6) is 0. The van der Waals surface area contributed by atoms with Gasteiger partial charge in [0, 0.05) is 4.90 Å². The molecule has 1 heteroatoms. The monoisotopic (exact) mass is 326 g/mol. The molecule has 0 aliphatic carbocycles. The first-order valence-electron chi connectivity index (χ1n) is 8.54. The molecule has 0 heterocycles. The number of rotatable bonds is 6. The maximum atomic E-state index is 4.87. The summed E-state index contributed by atoms with van der Waals surface area (Å²) in [6.45, 7) is 12.8. The Morgan fingerprint density at radius 1 is 1.00 bits per heavy atom. The van der Waals surface area contributed by atoms with Gasteiger partial charge in [-0.25, -0.2) is 0 Å². The van der Waals surface area contributed by atoms with E-state index in [-0.39, 0.29) is 0 Å². The molecule has 0 aromatic heterocycles. The van der Waals surface area contributed by atoms with Crippen LogP contribution in [0.25, 0.3) is 17.7 Å². The molecule has 0 nitrogen and oxygen atoms in total. The molecule has 1 rings (SSSR count). The largest absolute Gasteiger partial charge is 0.142 e. The average Bonchev–Trinajstić information content (AvgIpc) is 2.54. The molecule has 0 N–H and O–H groups in total. The van der Waals surface area contributed by atoms with Crippen LogP contribution in [0, 0.1) is 6.92 Å². The first-order chi connectivity index (χ1) is 11.1. The van der Waals surface area contributed by atoms with Crippen molar-refractivity contribution in [2.75, 3.05) is 0 Å². The molecule has 0 amide bonds. The van der Waals surface area contributed by atoms with Gasteiger partial charge in [0.25, 0.3) is 0 Å². The zero-order valence-corrected chi connectivity index (χ0v) is 16.3. The Morgan fingerprint density at radius 2 is 1.70 bits per heavy atom. The Balaban J connectivity index is 3.93. The summed E-state index contributed by atoms with van der Waals surface area (Å²) in [4.78, 5) is 1.11. The highest BCUT2D eigenvalue weighted by Crippen LogP contribution is 2.37. The molecule has 23 heavy (non-hydrogen) atoms. The molecular weight excluding hydrogens is 296 g/mol. The van der Waals surface area contributed by atoms with Crippen molar-refractivity contribution in [3.05, 3.63) is 58.2 Å². The number of benzene rings is 1. The Kier molecular flexibility index (Phi) is 8.19. The van der Waals surface area contributed by atoms with Crippen molar-refractivity contribution in [1.82, 2.24) is 0 Å². The lowest BCUT2D eigenvalue weighted by molar-refractivity contribution is 1.06. The van der Waals surface area contributed by atoms with E-state index < -0.39 is 0 Å². The van der Waals surface area contributed by atoms with Gasteiger partial charge in [-0.05, 0) is 73.9 Å². The van der Waals surface area contributed by atoms with Gasteiger partial charge in [-0.15, -0.1) is 12.6 Å². The highest BCUT2D eigenvalue weighted by Gasteiger charge is 2.17. The minimum absolute atomic E-state index is 0.978. The second kappa shape index (κ2) is 9.62. The van der Waals surface area contributed by atoms with Crippen molar-refractivity contribution in [3.63, 3.8) is 0 Å². The lowest BCUT2D eigenvalue weighted by Gasteiger charge is -2.21. The molecule has 0 atom stereocenters. The summed E-state index contributed by atoms with van der Waals surface area (Å²) in [5.41, 5.74) is 7.78. The summed E-state index contributed by atoms with van der Waals surface area (Å²) in [6.07, 6.45) is 17.3. The number of allylic oxidation sites excluding steroid dienone is 6. The summed E-state index contributed by atoms with van der Waals surface area (Å²) >= 11 is 4.87. The van der Waals surface area contributed by atoms with Gasteiger partial charge in [-0.1, -0.05) is 56.4 Å². The van der Waals surface area contributed by atoms with Crippen molar-refractivity contribution in [1.29, 1.82) is 0 Å². The topological polar surface area (TPSA) is 0 Å². The Hall–Kier alpha value is -1.47. The van der Waals surface area contributed by atoms with Crippen molar-refractivity contribution < 1.29 is 0 Å². The molecule has 1 aromatic carbocycles. The molecule has 0 aliphatic heterocycles. The van der Waals surface area contributed by atoms with Crippen molar-refractivity contribution in [2.24, 2.45) is 0 Å². The van der Waals surface area contributed by atoms with Gasteiger partial charge in [-0.3, -0.25) is 0 Å². The summed E-state index contributed by atoms with van der Waals surface area (Å²) in [5, 5.41) is 0. The molecule has 0 saturated carbocycles. The predicted molar refractivity (Wildman–Crippen MR) is 110 cm³/mol. The third-order valence-electron chi connectivity index (χ3n) is 4.07. The molecule has 0 aliphatic rings. The highest BCUT2D eigenvalue weighted by atomic mass is 32.1. The van der Waals surface area contributed by atoms with Crippen LogP contribution in [-0.2, 0) is 6.42 Å². The molecule has 0 spiro atoms. The van der Waals surface area contributed by atoms with Gasteiger partial charge in [0.2, 0.25) is 0 Å². The number of hydrogen-bond donors (Lipinski definition) is 1. The van der Waals surface area contributed by atoms with Gasteiger partial charge in [0.05, 0.1) is 0 Å². The Morgan fingerprint density at radius 3 is 2.17 bits per heavy atom. The number of thiol groups is 1. The van der Waals surface area contributed by atoms with E-state index in [0.29, 0.717) is 0 Å². The molecule has 124 valence electrons. The fraction of sp³-hybridized carbons (Fsp3) is 0.364. The van der Waals surface area contributed by atoms with Crippen LogP contribution in [0.15, 0.2) is 35.3 Å². The second-order valence-electron chi connectivity index (χ2n) is 5.56. The van der Waals surface area contributed by atoms with Crippen LogP contribution in [-0.4, -0.2) is 0 Å². The first-order valence-corrected chi connectivity index (χ1v) is 8.98. The van der Waals surface area contributed by atoms with Gasteiger partial charge >= 0.3 is 0 Å². The van der Waals surface area contributed by atoms with Gasteiger partial charge < -0.3 is 0 Å². The lowest BCUT2D eigenvalue weighted by Crippen LogP contribution is -2.03. The molecule has 0 fully saturated rings. The molecule has 0 unspecified atom stereocenters. The minimum Gasteiger partial charge on any atom is -0.142 e. The summed E-state index contributed by atoms with van der Waals surface area (Å²) < 4.78 is 0. The van der Waals surface area contributed by atoms with E-state index in [4.69, 9.17) is 12.6 Å². The van der Waals surface area contributed by atoms with Crippen LogP contribution in [0.5, 0.6) is 0 Å². The second-order valence-corrected chi connectivity index (χ2v) is 6.01. The van der Waals surface area contributed by atoms with E-state index in [1.165, 1.54) is 33.4 Å². The standard InChI is InChI=1S/C22H30S/c1-7-12-15-19-16(6)21(17(10-4)13-8-2)20(14-9-3)18(11-5)22(19)23/h8-10,12-15,23H,7,11H2,1-6H3/b13-8-,14-9-,15-12-,17-10+. The zero-order chi connectivity index (χ0) is 17.4. The van der Waals surface area contributed by atoms with Crippen molar-refractivity contribution in [2.45, 2.75) is 59.3 Å². The minimum atomic E-state index is 0.978. The molecule has 1 aromatic rings. The van der Waals surface area contributed by atoms with Crippen LogP contribution in [0.3, 0.4) is 0 Å². The Bertz CT molecular complexity index is 655. The lowest BCUT2D eigenvalue weighted by atomic mass is 9.86. The quantitative estimate of drug-likeness (QED) is 0.412. The smallest absolute Gasteiger partial charge is 0.0154 e. The normalized spacial score (nSPS) is 13.1. The van der Waals surface area contributed by atoms with Crippen LogP contribution in [0.1, 0.15) is 68.9 Å². The van der Waals surface area contributed by atoms with E-state index in [2.05, 4.69) is 84.1 Å². The van der Waals surface area contributed by atoms with Gasteiger partial charge in [0.1, 0.15) is 0 Å². The van der Waals surface area contributed by atoms with E-state index in [1.807, 2.05) is 0 Å². The predicted octanol–water partition coefficient (Wildman–Crippen LogP) is 7.28. The first kappa shape index (κ1) is 19.6. The van der Waals surface area contributed by atoms with E-state index in [0.717, 1.165) is 17.7 Å². The number of hydrogen-bond acceptors (Lipinski definition) is 1. The average molecular weight is 327 g/mol. The zero-order valence-electron chi connectivity index (χ0n) is 15.4. The summed E-state index contributed by atoms with van der Waals surface area (Å²) in [7, 11) is 0. The van der Waals surface area contributed by atoms with E-state index in [1.54, 1.807) is 0 Å². The summed E-state index contributed by atoms with van der Waals surface area (Å²) in [6, 6.07) is 0.